The number of hydrogen-bond acceptors (Lipinski definition) is 2. The predicted molar refractivity (Wildman–Crippen MR) is 66.3 cm³/mol. The zero-order valence-corrected chi connectivity index (χ0v) is 10.7. The second kappa shape index (κ2) is 4.62. The van der Waals surface area contributed by atoms with E-state index in [0.717, 1.165) is 24.8 Å². The first-order valence-corrected chi connectivity index (χ1v) is 6.35. The molecule has 1 heterocycles. The lowest BCUT2D eigenvalue weighted by molar-refractivity contribution is 0.358. The lowest BCUT2D eigenvalue weighted by atomic mass is 9.94. The molecule has 1 aromatic rings. The van der Waals surface area contributed by atoms with Gasteiger partial charge < -0.3 is 9.73 Å². The summed E-state index contributed by atoms with van der Waals surface area (Å²) < 4.78 is 5.42. The van der Waals surface area contributed by atoms with Crippen LogP contribution in [0.3, 0.4) is 0 Å². The molecule has 2 heteroatoms. The average molecular weight is 221 g/mol. The van der Waals surface area contributed by atoms with Crippen molar-refractivity contribution in [3.8, 4) is 0 Å². The quantitative estimate of drug-likeness (QED) is 0.795. The molecule has 0 spiro atoms. The lowest BCUT2D eigenvalue weighted by Gasteiger charge is -2.17. The summed E-state index contributed by atoms with van der Waals surface area (Å²) in [6.45, 7) is 8.75. The van der Waals surface area contributed by atoms with E-state index in [0.29, 0.717) is 5.41 Å². The smallest absolute Gasteiger partial charge is 0.120 e. The third-order valence-corrected chi connectivity index (χ3v) is 3.55. The minimum atomic E-state index is 0.606. The Balaban J connectivity index is 1.74. The average Bonchev–Trinajstić information content (AvgIpc) is 2.82. The summed E-state index contributed by atoms with van der Waals surface area (Å²) >= 11 is 0. The van der Waals surface area contributed by atoms with Crippen LogP contribution in [0.2, 0.25) is 0 Å². The number of furan rings is 1. The molecule has 0 saturated heterocycles. The Morgan fingerprint density at radius 2 is 2.19 bits per heavy atom. The Bertz CT molecular complexity index is 336. The Kier molecular flexibility index (Phi) is 3.38. The van der Waals surface area contributed by atoms with Gasteiger partial charge in [-0.25, -0.2) is 0 Å². The van der Waals surface area contributed by atoms with Crippen LogP contribution < -0.4 is 5.32 Å². The van der Waals surface area contributed by atoms with Crippen LogP contribution in [0.4, 0.5) is 0 Å². The van der Waals surface area contributed by atoms with Crippen LogP contribution in [0.25, 0.3) is 0 Å². The first-order chi connectivity index (χ1) is 7.61. The molecule has 0 amide bonds. The van der Waals surface area contributed by atoms with Crippen molar-refractivity contribution >= 4 is 0 Å². The molecule has 0 unspecified atom stereocenters. The van der Waals surface area contributed by atoms with Gasteiger partial charge in [-0.3, -0.25) is 0 Å². The van der Waals surface area contributed by atoms with Crippen LogP contribution in [-0.4, -0.2) is 6.54 Å². The van der Waals surface area contributed by atoms with Gasteiger partial charge in [0.15, 0.2) is 0 Å². The van der Waals surface area contributed by atoms with E-state index in [1.807, 2.05) is 6.07 Å². The van der Waals surface area contributed by atoms with Crippen LogP contribution in [-0.2, 0) is 6.54 Å². The van der Waals surface area contributed by atoms with Gasteiger partial charge in [-0.1, -0.05) is 13.8 Å². The van der Waals surface area contributed by atoms with Crippen molar-refractivity contribution in [2.45, 2.75) is 46.6 Å². The van der Waals surface area contributed by atoms with E-state index in [-0.39, 0.29) is 0 Å². The largest absolute Gasteiger partial charge is 0.468 e. The number of rotatable bonds is 6. The van der Waals surface area contributed by atoms with Gasteiger partial charge in [0.25, 0.3) is 0 Å². The Labute approximate surface area is 98.4 Å². The Morgan fingerprint density at radius 1 is 1.44 bits per heavy atom. The van der Waals surface area contributed by atoms with Crippen LogP contribution in [0.15, 0.2) is 16.7 Å². The van der Waals surface area contributed by atoms with Crippen LogP contribution in [0, 0.1) is 18.3 Å². The fourth-order valence-electron chi connectivity index (χ4n) is 2.52. The van der Waals surface area contributed by atoms with E-state index < -0.39 is 0 Å². The molecule has 0 atom stereocenters. The zero-order valence-electron chi connectivity index (χ0n) is 10.7. The van der Waals surface area contributed by atoms with Gasteiger partial charge in [-0.15, -0.1) is 0 Å². The summed E-state index contributed by atoms with van der Waals surface area (Å²) in [7, 11) is 0. The minimum Gasteiger partial charge on any atom is -0.468 e. The van der Waals surface area contributed by atoms with Crippen molar-refractivity contribution in [1.29, 1.82) is 0 Å². The summed E-state index contributed by atoms with van der Waals surface area (Å²) in [5.41, 5.74) is 1.86. The maximum atomic E-state index is 5.42. The van der Waals surface area contributed by atoms with Crippen molar-refractivity contribution in [3.05, 3.63) is 23.7 Å². The Morgan fingerprint density at radius 3 is 2.69 bits per heavy atom. The van der Waals surface area contributed by atoms with E-state index in [2.05, 4.69) is 26.1 Å². The predicted octanol–water partition coefficient (Wildman–Crippen LogP) is 3.50. The number of hydrogen-bond donors (Lipinski definition) is 1. The SMILES string of the molecule is Cc1ccoc1CNCC1(CC(C)C)CC1. The second-order valence-corrected chi connectivity index (χ2v) is 5.73. The normalized spacial score (nSPS) is 18.0. The topological polar surface area (TPSA) is 25.2 Å². The molecule has 0 bridgehead atoms. The Hall–Kier alpha value is -0.760. The monoisotopic (exact) mass is 221 g/mol. The van der Waals surface area contributed by atoms with Crippen LogP contribution >= 0.6 is 0 Å². The van der Waals surface area contributed by atoms with E-state index in [1.165, 1.54) is 24.8 Å². The summed E-state index contributed by atoms with van der Waals surface area (Å²) in [5, 5.41) is 3.54. The fraction of sp³-hybridized carbons (Fsp3) is 0.714. The highest BCUT2D eigenvalue weighted by atomic mass is 16.3. The molecule has 1 fully saturated rings. The summed E-state index contributed by atoms with van der Waals surface area (Å²) in [6.07, 6.45) is 5.93. The van der Waals surface area contributed by atoms with E-state index in [9.17, 15) is 0 Å². The van der Waals surface area contributed by atoms with Crippen molar-refractivity contribution in [2.24, 2.45) is 11.3 Å². The molecular formula is C14H23NO. The van der Waals surface area contributed by atoms with Gasteiger partial charge in [0.2, 0.25) is 0 Å². The van der Waals surface area contributed by atoms with Gasteiger partial charge >= 0.3 is 0 Å². The van der Waals surface area contributed by atoms with Gasteiger partial charge in [0, 0.05) is 6.54 Å². The summed E-state index contributed by atoms with van der Waals surface area (Å²) in [6, 6.07) is 2.03. The highest BCUT2D eigenvalue weighted by molar-refractivity contribution is 5.14. The maximum Gasteiger partial charge on any atom is 0.120 e. The lowest BCUT2D eigenvalue weighted by Crippen LogP contribution is -2.24. The van der Waals surface area contributed by atoms with Crippen molar-refractivity contribution in [1.82, 2.24) is 5.32 Å². The molecule has 1 aromatic heterocycles. The highest BCUT2D eigenvalue weighted by Gasteiger charge is 2.42. The highest BCUT2D eigenvalue weighted by Crippen LogP contribution is 2.50. The van der Waals surface area contributed by atoms with E-state index in [1.54, 1.807) is 6.26 Å². The fourth-order valence-corrected chi connectivity index (χ4v) is 2.52. The van der Waals surface area contributed by atoms with E-state index >= 15 is 0 Å². The van der Waals surface area contributed by atoms with Gasteiger partial charge in [0.05, 0.1) is 12.8 Å². The molecule has 16 heavy (non-hydrogen) atoms. The van der Waals surface area contributed by atoms with Crippen LogP contribution in [0.5, 0.6) is 0 Å². The molecule has 1 saturated carbocycles. The molecular weight excluding hydrogens is 198 g/mol. The maximum absolute atomic E-state index is 5.42. The van der Waals surface area contributed by atoms with Gasteiger partial charge in [-0.05, 0) is 49.1 Å². The third kappa shape index (κ3) is 2.88. The molecule has 2 rings (SSSR count). The molecule has 90 valence electrons. The minimum absolute atomic E-state index is 0.606. The molecule has 2 nitrogen and oxygen atoms in total. The van der Waals surface area contributed by atoms with Crippen molar-refractivity contribution in [2.75, 3.05) is 6.54 Å². The molecule has 1 N–H and O–H groups in total. The van der Waals surface area contributed by atoms with Crippen molar-refractivity contribution < 1.29 is 4.42 Å². The first kappa shape index (κ1) is 11.7. The number of aryl methyl sites for hydroxylation is 1. The third-order valence-electron chi connectivity index (χ3n) is 3.55. The molecule has 0 radical (unpaired) electrons. The van der Waals surface area contributed by atoms with Crippen molar-refractivity contribution in [3.63, 3.8) is 0 Å². The van der Waals surface area contributed by atoms with Gasteiger partial charge in [0.1, 0.15) is 5.76 Å². The molecule has 1 aliphatic carbocycles. The summed E-state index contributed by atoms with van der Waals surface area (Å²) in [4.78, 5) is 0. The molecule has 0 aromatic carbocycles. The van der Waals surface area contributed by atoms with Gasteiger partial charge in [-0.2, -0.15) is 0 Å². The zero-order chi connectivity index (χ0) is 11.6. The summed E-state index contributed by atoms with van der Waals surface area (Å²) in [5.74, 6) is 1.90. The standard InChI is InChI=1S/C14H23NO/c1-11(2)8-14(5-6-14)10-15-9-13-12(3)4-7-16-13/h4,7,11,15H,5-6,8-10H2,1-3H3. The second-order valence-electron chi connectivity index (χ2n) is 5.73. The molecule has 1 aliphatic rings. The first-order valence-electron chi connectivity index (χ1n) is 6.35. The number of nitrogens with one attached hydrogen (secondary N) is 1. The molecule has 0 aliphatic heterocycles. The van der Waals surface area contributed by atoms with Crippen LogP contribution in [0.1, 0.15) is 44.4 Å². The van der Waals surface area contributed by atoms with E-state index in [4.69, 9.17) is 4.42 Å².